The highest BCUT2D eigenvalue weighted by molar-refractivity contribution is 5.97. The summed E-state index contributed by atoms with van der Waals surface area (Å²) in [4.78, 5) is 24.8. The molecular formula is C20H30O3. The Morgan fingerprint density at radius 3 is 2.61 bits per heavy atom. The van der Waals surface area contributed by atoms with Crippen LogP contribution in [-0.4, -0.2) is 17.9 Å². The van der Waals surface area contributed by atoms with Crippen molar-refractivity contribution in [1.29, 1.82) is 0 Å². The molecule has 0 aliphatic heterocycles. The van der Waals surface area contributed by atoms with Crippen LogP contribution in [0, 0.1) is 34.5 Å². The Morgan fingerprint density at radius 2 is 2.00 bits per heavy atom. The molecule has 6 atom stereocenters. The van der Waals surface area contributed by atoms with Gasteiger partial charge in [-0.25, -0.2) is 0 Å². The van der Waals surface area contributed by atoms with Gasteiger partial charge >= 0.3 is 5.97 Å². The summed E-state index contributed by atoms with van der Waals surface area (Å²) in [5.41, 5.74) is 1.14. The van der Waals surface area contributed by atoms with Crippen molar-refractivity contribution >= 4 is 11.8 Å². The first-order chi connectivity index (χ1) is 10.7. The fraction of sp³-hybridized carbons (Fsp3) is 0.800. The van der Waals surface area contributed by atoms with E-state index in [0.29, 0.717) is 11.8 Å². The standard InChI is InChI=1S/C20H30O3/c1-7-11(2)18(22)23-15-9-8-12(3)20(6)13(15)10-14(21)16-17(20)19(16,4)5/h10-12,15-17H,7-9H2,1-6H3/t11-,12-,15-,16-,17+,20+/m1/s1. The molecule has 3 aliphatic carbocycles. The van der Waals surface area contributed by atoms with E-state index in [-0.39, 0.29) is 40.5 Å². The van der Waals surface area contributed by atoms with Crippen LogP contribution < -0.4 is 0 Å². The molecule has 0 bridgehead atoms. The fourth-order valence-electron chi connectivity index (χ4n) is 5.30. The van der Waals surface area contributed by atoms with Crippen LogP contribution in [0.3, 0.4) is 0 Å². The van der Waals surface area contributed by atoms with Crippen LogP contribution in [0.15, 0.2) is 11.6 Å². The van der Waals surface area contributed by atoms with Gasteiger partial charge in [0.05, 0.1) is 5.92 Å². The Balaban J connectivity index is 1.92. The molecule has 0 aromatic heterocycles. The van der Waals surface area contributed by atoms with Crippen molar-refractivity contribution in [2.24, 2.45) is 34.5 Å². The van der Waals surface area contributed by atoms with E-state index in [1.165, 1.54) is 0 Å². The molecule has 3 nitrogen and oxygen atoms in total. The number of hydrogen-bond donors (Lipinski definition) is 0. The molecule has 0 spiro atoms. The maximum absolute atomic E-state index is 12.6. The number of allylic oxidation sites excluding steroid dienone is 1. The zero-order valence-electron chi connectivity index (χ0n) is 15.3. The second-order valence-electron chi connectivity index (χ2n) is 8.77. The molecule has 0 radical (unpaired) electrons. The number of rotatable bonds is 3. The van der Waals surface area contributed by atoms with Crippen molar-refractivity contribution in [1.82, 2.24) is 0 Å². The van der Waals surface area contributed by atoms with Gasteiger partial charge in [0.2, 0.25) is 0 Å². The summed E-state index contributed by atoms with van der Waals surface area (Å²) < 4.78 is 5.85. The molecule has 128 valence electrons. The van der Waals surface area contributed by atoms with Crippen LogP contribution in [0.2, 0.25) is 0 Å². The highest BCUT2D eigenvalue weighted by Gasteiger charge is 2.72. The highest BCUT2D eigenvalue weighted by Crippen LogP contribution is 2.73. The Bertz CT molecular complexity index is 573. The smallest absolute Gasteiger partial charge is 0.309 e. The molecule has 0 unspecified atom stereocenters. The van der Waals surface area contributed by atoms with Gasteiger partial charge in [0.1, 0.15) is 6.10 Å². The zero-order valence-corrected chi connectivity index (χ0v) is 15.3. The summed E-state index contributed by atoms with van der Waals surface area (Å²) in [6, 6.07) is 0. The summed E-state index contributed by atoms with van der Waals surface area (Å²) in [5, 5.41) is 0. The lowest BCUT2D eigenvalue weighted by molar-refractivity contribution is -0.154. The van der Waals surface area contributed by atoms with E-state index in [1.807, 2.05) is 19.9 Å². The molecule has 0 heterocycles. The maximum atomic E-state index is 12.6. The molecule has 0 aromatic carbocycles. The number of hydrogen-bond acceptors (Lipinski definition) is 3. The lowest BCUT2D eigenvalue weighted by atomic mass is 9.58. The van der Waals surface area contributed by atoms with E-state index in [2.05, 4.69) is 27.7 Å². The lowest BCUT2D eigenvalue weighted by Crippen LogP contribution is -2.45. The molecule has 0 amide bonds. The van der Waals surface area contributed by atoms with Gasteiger partial charge in [-0.15, -0.1) is 0 Å². The third kappa shape index (κ3) is 2.22. The van der Waals surface area contributed by atoms with E-state index >= 15 is 0 Å². The molecule has 3 aliphatic rings. The van der Waals surface area contributed by atoms with Crippen LogP contribution in [0.1, 0.15) is 60.8 Å². The lowest BCUT2D eigenvalue weighted by Gasteiger charge is -2.48. The summed E-state index contributed by atoms with van der Waals surface area (Å²) in [6.07, 6.45) is 4.31. The summed E-state index contributed by atoms with van der Waals surface area (Å²) in [6.45, 7) is 12.9. The van der Waals surface area contributed by atoms with Crippen LogP contribution in [0.5, 0.6) is 0 Å². The van der Waals surface area contributed by atoms with E-state index in [1.54, 1.807) is 0 Å². The minimum atomic E-state index is -0.209. The fourth-order valence-corrected chi connectivity index (χ4v) is 5.30. The van der Waals surface area contributed by atoms with Crippen molar-refractivity contribution in [2.75, 3.05) is 0 Å². The first-order valence-corrected chi connectivity index (χ1v) is 9.12. The first kappa shape index (κ1) is 16.7. The molecule has 0 N–H and O–H groups in total. The van der Waals surface area contributed by atoms with Crippen molar-refractivity contribution in [3.8, 4) is 0 Å². The van der Waals surface area contributed by atoms with Gasteiger partial charge in [0.15, 0.2) is 5.78 Å². The molecule has 0 saturated heterocycles. The van der Waals surface area contributed by atoms with Gasteiger partial charge in [-0.05, 0) is 53.6 Å². The van der Waals surface area contributed by atoms with E-state index in [0.717, 1.165) is 24.8 Å². The van der Waals surface area contributed by atoms with E-state index in [9.17, 15) is 9.59 Å². The molecular weight excluding hydrogens is 288 g/mol. The van der Waals surface area contributed by atoms with Crippen LogP contribution in [-0.2, 0) is 14.3 Å². The quantitative estimate of drug-likeness (QED) is 0.734. The monoisotopic (exact) mass is 318 g/mol. The zero-order chi connectivity index (χ0) is 17.2. The first-order valence-electron chi connectivity index (χ1n) is 9.12. The summed E-state index contributed by atoms with van der Waals surface area (Å²) in [7, 11) is 0. The van der Waals surface area contributed by atoms with Gasteiger partial charge in [-0.3, -0.25) is 9.59 Å². The van der Waals surface area contributed by atoms with Gasteiger partial charge in [-0.2, -0.15) is 0 Å². The second-order valence-corrected chi connectivity index (χ2v) is 8.77. The maximum Gasteiger partial charge on any atom is 0.309 e. The van der Waals surface area contributed by atoms with Crippen LogP contribution in [0.25, 0.3) is 0 Å². The predicted octanol–water partition coefficient (Wildman–Crippen LogP) is 4.16. The summed E-state index contributed by atoms with van der Waals surface area (Å²) >= 11 is 0. The number of ketones is 1. The Kier molecular flexibility index (Phi) is 3.77. The molecule has 23 heavy (non-hydrogen) atoms. The van der Waals surface area contributed by atoms with Crippen molar-refractivity contribution in [3.05, 3.63) is 11.6 Å². The molecule has 2 saturated carbocycles. The predicted molar refractivity (Wildman–Crippen MR) is 89.7 cm³/mol. The molecule has 2 fully saturated rings. The Labute approximate surface area is 139 Å². The van der Waals surface area contributed by atoms with Crippen molar-refractivity contribution in [2.45, 2.75) is 66.9 Å². The number of fused-ring (bicyclic) bond motifs is 3. The highest BCUT2D eigenvalue weighted by atomic mass is 16.5. The van der Waals surface area contributed by atoms with Crippen LogP contribution in [0.4, 0.5) is 0 Å². The topological polar surface area (TPSA) is 43.4 Å². The average molecular weight is 318 g/mol. The second kappa shape index (κ2) is 5.19. The third-order valence-electron chi connectivity index (χ3n) is 7.21. The Hall–Kier alpha value is -1.12. The number of ether oxygens (including phenoxy) is 1. The molecule has 0 aromatic rings. The number of carbonyl (C=O) groups is 2. The third-order valence-corrected chi connectivity index (χ3v) is 7.21. The SMILES string of the molecule is CC[C@@H](C)C(=O)O[C@@H]1CC[C@@H](C)[C@@]2(C)C1=CC(=O)[C@@H]1[C@H]2C1(C)C. The van der Waals surface area contributed by atoms with Gasteiger partial charge < -0.3 is 4.74 Å². The number of carbonyl (C=O) groups excluding carboxylic acids is 2. The summed E-state index contributed by atoms with van der Waals surface area (Å²) in [5.74, 6) is 1.11. The largest absolute Gasteiger partial charge is 0.458 e. The minimum Gasteiger partial charge on any atom is -0.458 e. The number of esters is 1. The van der Waals surface area contributed by atoms with Crippen molar-refractivity contribution < 1.29 is 14.3 Å². The van der Waals surface area contributed by atoms with Gasteiger partial charge in [0, 0.05) is 5.92 Å². The van der Waals surface area contributed by atoms with Crippen molar-refractivity contribution in [3.63, 3.8) is 0 Å². The van der Waals surface area contributed by atoms with E-state index in [4.69, 9.17) is 4.74 Å². The van der Waals surface area contributed by atoms with E-state index < -0.39 is 0 Å². The average Bonchev–Trinajstić information content (AvgIpc) is 3.09. The molecule has 3 heteroatoms. The minimum absolute atomic E-state index is 0.0132. The normalized spacial score (nSPS) is 42.2. The molecule has 3 rings (SSSR count). The Morgan fingerprint density at radius 1 is 1.35 bits per heavy atom. The van der Waals surface area contributed by atoms with Gasteiger partial charge in [-0.1, -0.05) is 41.5 Å². The van der Waals surface area contributed by atoms with Gasteiger partial charge in [0.25, 0.3) is 0 Å². The van der Waals surface area contributed by atoms with Crippen LogP contribution >= 0.6 is 0 Å².